The normalized spacial score (nSPS) is 11.1. The second-order valence-corrected chi connectivity index (χ2v) is 4.81. The Labute approximate surface area is 128 Å². The molecule has 3 aromatic rings. The van der Waals surface area contributed by atoms with Gasteiger partial charge in [0.25, 0.3) is 0 Å². The molecular weight excluding hydrogens is 274 g/mol. The number of nitrogens with zero attached hydrogens (tertiary/aromatic N) is 1. The Morgan fingerprint density at radius 2 is 1.64 bits per heavy atom. The van der Waals surface area contributed by atoms with Gasteiger partial charge in [-0.15, -0.1) is 0 Å². The van der Waals surface area contributed by atoms with Gasteiger partial charge < -0.3 is 4.74 Å². The van der Waals surface area contributed by atoms with Crippen LogP contribution in [0.5, 0.6) is 0 Å². The van der Waals surface area contributed by atoms with Crippen molar-refractivity contribution < 1.29 is 9.53 Å². The zero-order valence-electron chi connectivity index (χ0n) is 12.0. The fourth-order valence-corrected chi connectivity index (χ4v) is 2.39. The molecular formula is C19H15NO2. The number of carbonyl (C=O) groups is 1. The summed E-state index contributed by atoms with van der Waals surface area (Å²) in [4.78, 5) is 16.3. The van der Waals surface area contributed by atoms with Crippen molar-refractivity contribution in [3.63, 3.8) is 0 Å². The fraction of sp³-hybridized carbons (Fsp3) is 0.0526. The average Bonchev–Trinajstić information content (AvgIpc) is 2.56. The lowest BCUT2D eigenvalue weighted by Gasteiger charge is -2.07. The van der Waals surface area contributed by atoms with E-state index in [1.807, 2.05) is 48.5 Å². The zero-order valence-corrected chi connectivity index (χ0v) is 12.0. The molecule has 1 heterocycles. The van der Waals surface area contributed by atoms with Crippen molar-refractivity contribution in [3.8, 4) is 0 Å². The summed E-state index contributed by atoms with van der Waals surface area (Å²) in [7, 11) is 0. The van der Waals surface area contributed by atoms with Crippen molar-refractivity contribution in [1.29, 1.82) is 0 Å². The van der Waals surface area contributed by atoms with E-state index in [0.29, 0.717) is 0 Å². The van der Waals surface area contributed by atoms with E-state index < -0.39 is 0 Å². The molecule has 22 heavy (non-hydrogen) atoms. The molecule has 3 heteroatoms. The summed E-state index contributed by atoms with van der Waals surface area (Å²) in [5.74, 6) is -0.384. The Morgan fingerprint density at radius 3 is 2.23 bits per heavy atom. The molecule has 0 saturated heterocycles. The number of esters is 1. The SMILES string of the molecule is C=CCOC(=O)C=Cc1c2ccccc2nc2ccccc12. The zero-order chi connectivity index (χ0) is 15.4. The Morgan fingerprint density at radius 1 is 1.05 bits per heavy atom. The van der Waals surface area contributed by atoms with Gasteiger partial charge in [-0.3, -0.25) is 0 Å². The standard InChI is InChI=1S/C19H15NO2/c1-2-13-22-19(21)12-11-14-15-7-3-5-9-17(15)20-18-10-6-4-8-16(14)18/h2-12H,1,13H2. The lowest BCUT2D eigenvalue weighted by atomic mass is 10.0. The lowest BCUT2D eigenvalue weighted by Crippen LogP contribution is -1.99. The molecule has 2 aromatic carbocycles. The summed E-state index contributed by atoms with van der Waals surface area (Å²) in [6.45, 7) is 3.73. The summed E-state index contributed by atoms with van der Waals surface area (Å²) in [6, 6.07) is 15.8. The molecule has 0 fully saturated rings. The number of pyridine rings is 1. The van der Waals surface area contributed by atoms with Crippen LogP contribution in [0.15, 0.2) is 67.3 Å². The molecule has 0 aliphatic rings. The first-order chi connectivity index (χ1) is 10.8. The van der Waals surface area contributed by atoms with Gasteiger partial charge in [-0.1, -0.05) is 49.1 Å². The molecule has 0 radical (unpaired) electrons. The van der Waals surface area contributed by atoms with Gasteiger partial charge in [0.2, 0.25) is 0 Å². The summed E-state index contributed by atoms with van der Waals surface area (Å²) >= 11 is 0. The largest absolute Gasteiger partial charge is 0.458 e. The Kier molecular flexibility index (Phi) is 3.97. The van der Waals surface area contributed by atoms with Crippen molar-refractivity contribution in [2.24, 2.45) is 0 Å². The average molecular weight is 289 g/mol. The van der Waals surface area contributed by atoms with Crippen LogP contribution in [0.1, 0.15) is 5.56 Å². The maximum atomic E-state index is 11.7. The first-order valence-electron chi connectivity index (χ1n) is 7.03. The third-order valence-corrected chi connectivity index (χ3v) is 3.36. The second-order valence-electron chi connectivity index (χ2n) is 4.81. The first kappa shape index (κ1) is 14.0. The highest BCUT2D eigenvalue weighted by atomic mass is 16.5. The maximum absolute atomic E-state index is 11.7. The summed E-state index contributed by atoms with van der Waals surface area (Å²) in [5, 5.41) is 2.02. The lowest BCUT2D eigenvalue weighted by molar-refractivity contribution is -0.136. The van der Waals surface area contributed by atoms with E-state index in [4.69, 9.17) is 4.74 Å². The van der Waals surface area contributed by atoms with Crippen molar-refractivity contribution in [1.82, 2.24) is 4.98 Å². The molecule has 0 amide bonds. The summed E-state index contributed by atoms with van der Waals surface area (Å²) in [6.07, 6.45) is 4.78. The minimum Gasteiger partial charge on any atom is -0.458 e. The van der Waals surface area contributed by atoms with Gasteiger partial charge in [-0.2, -0.15) is 0 Å². The van der Waals surface area contributed by atoms with E-state index in [9.17, 15) is 4.79 Å². The van der Waals surface area contributed by atoms with Gasteiger partial charge in [0, 0.05) is 16.8 Å². The third-order valence-electron chi connectivity index (χ3n) is 3.36. The van der Waals surface area contributed by atoms with E-state index in [1.54, 1.807) is 12.2 Å². The van der Waals surface area contributed by atoms with Crippen LogP contribution in [0.3, 0.4) is 0 Å². The van der Waals surface area contributed by atoms with E-state index >= 15 is 0 Å². The van der Waals surface area contributed by atoms with Crippen LogP contribution in [-0.2, 0) is 9.53 Å². The van der Waals surface area contributed by atoms with Gasteiger partial charge in [0.15, 0.2) is 0 Å². The summed E-state index contributed by atoms with van der Waals surface area (Å²) in [5.41, 5.74) is 2.78. The summed E-state index contributed by atoms with van der Waals surface area (Å²) < 4.78 is 4.98. The molecule has 0 unspecified atom stereocenters. The van der Waals surface area contributed by atoms with Gasteiger partial charge in [0.1, 0.15) is 6.61 Å². The first-order valence-corrected chi connectivity index (χ1v) is 7.03. The van der Waals surface area contributed by atoms with Gasteiger partial charge in [-0.05, 0) is 23.8 Å². The Hall–Kier alpha value is -2.94. The number of carbonyl (C=O) groups excluding carboxylic acids is 1. The van der Waals surface area contributed by atoms with Crippen LogP contribution in [0, 0.1) is 0 Å². The topological polar surface area (TPSA) is 39.2 Å². The molecule has 0 N–H and O–H groups in total. The molecule has 0 bridgehead atoms. The second kappa shape index (κ2) is 6.22. The Bertz CT molecular complexity index is 827. The Balaban J connectivity index is 2.14. The van der Waals surface area contributed by atoms with Gasteiger partial charge in [-0.25, -0.2) is 9.78 Å². The molecule has 3 nitrogen and oxygen atoms in total. The number of benzene rings is 2. The maximum Gasteiger partial charge on any atom is 0.331 e. The molecule has 0 aliphatic heterocycles. The number of fused-ring (bicyclic) bond motifs is 2. The molecule has 0 aliphatic carbocycles. The third kappa shape index (κ3) is 2.74. The highest BCUT2D eigenvalue weighted by molar-refractivity contribution is 6.04. The molecule has 0 atom stereocenters. The van der Waals surface area contributed by atoms with Crippen molar-refractivity contribution >= 4 is 33.9 Å². The predicted molar refractivity (Wildman–Crippen MR) is 89.4 cm³/mol. The molecule has 0 spiro atoms. The number of rotatable bonds is 4. The number of hydrogen-bond acceptors (Lipinski definition) is 3. The van der Waals surface area contributed by atoms with Crippen molar-refractivity contribution in [2.45, 2.75) is 0 Å². The van der Waals surface area contributed by atoms with Gasteiger partial charge in [0.05, 0.1) is 11.0 Å². The number of ether oxygens (including phenoxy) is 1. The minimum absolute atomic E-state index is 0.209. The minimum atomic E-state index is -0.384. The molecule has 3 rings (SSSR count). The van der Waals surface area contributed by atoms with E-state index in [-0.39, 0.29) is 12.6 Å². The van der Waals surface area contributed by atoms with E-state index in [1.165, 1.54) is 6.08 Å². The highest BCUT2D eigenvalue weighted by Gasteiger charge is 2.06. The van der Waals surface area contributed by atoms with Crippen LogP contribution >= 0.6 is 0 Å². The van der Waals surface area contributed by atoms with Crippen molar-refractivity contribution in [3.05, 3.63) is 72.8 Å². The predicted octanol–water partition coefficient (Wildman–Crippen LogP) is 4.13. The van der Waals surface area contributed by atoms with Crippen LogP contribution in [0.4, 0.5) is 0 Å². The number of para-hydroxylation sites is 2. The van der Waals surface area contributed by atoms with Crippen LogP contribution in [0.25, 0.3) is 27.9 Å². The van der Waals surface area contributed by atoms with E-state index in [0.717, 1.165) is 27.4 Å². The molecule has 1 aromatic heterocycles. The molecule has 0 saturated carbocycles. The monoisotopic (exact) mass is 289 g/mol. The number of aromatic nitrogens is 1. The van der Waals surface area contributed by atoms with E-state index in [2.05, 4.69) is 11.6 Å². The van der Waals surface area contributed by atoms with Crippen LogP contribution in [-0.4, -0.2) is 17.6 Å². The highest BCUT2D eigenvalue weighted by Crippen LogP contribution is 2.26. The van der Waals surface area contributed by atoms with Crippen LogP contribution < -0.4 is 0 Å². The molecule has 108 valence electrons. The smallest absolute Gasteiger partial charge is 0.331 e. The quantitative estimate of drug-likeness (QED) is 0.314. The van der Waals surface area contributed by atoms with Gasteiger partial charge >= 0.3 is 5.97 Å². The van der Waals surface area contributed by atoms with Crippen molar-refractivity contribution in [2.75, 3.05) is 6.61 Å². The number of hydrogen-bond donors (Lipinski definition) is 0. The van der Waals surface area contributed by atoms with Crippen LogP contribution in [0.2, 0.25) is 0 Å². The fourth-order valence-electron chi connectivity index (χ4n) is 2.39.